The molecule has 0 aliphatic heterocycles. The number of benzene rings is 2. The summed E-state index contributed by atoms with van der Waals surface area (Å²) in [4.78, 5) is 0. The number of thiol groups is 1. The Morgan fingerprint density at radius 2 is 1.75 bits per heavy atom. The molecule has 0 saturated carbocycles. The lowest BCUT2D eigenvalue weighted by atomic mass is 10.1. The highest BCUT2D eigenvalue weighted by atomic mass is 32.1. The first-order valence-electron chi connectivity index (χ1n) is 8.54. The molecule has 1 unspecified atom stereocenters. The van der Waals surface area contributed by atoms with E-state index in [1.54, 1.807) is 0 Å². The lowest BCUT2D eigenvalue weighted by molar-refractivity contribution is -0.688. The van der Waals surface area contributed by atoms with Gasteiger partial charge >= 0.3 is 0 Å². The Bertz CT molecular complexity index is 822. The lowest BCUT2D eigenvalue weighted by Crippen LogP contribution is -2.37. The van der Waals surface area contributed by atoms with Gasteiger partial charge in [-0.3, -0.25) is 0 Å². The molecule has 0 radical (unpaired) electrons. The van der Waals surface area contributed by atoms with Gasteiger partial charge in [0.25, 0.3) is 0 Å². The van der Waals surface area contributed by atoms with Crippen LogP contribution in [-0.2, 0) is 6.54 Å². The highest BCUT2D eigenvalue weighted by Crippen LogP contribution is 2.18. The molecule has 0 bridgehead atoms. The van der Waals surface area contributed by atoms with Gasteiger partial charge in [-0.1, -0.05) is 61.5 Å². The molecule has 0 aliphatic carbocycles. The van der Waals surface area contributed by atoms with Crippen LogP contribution in [0, 0.1) is 0 Å². The second-order valence-electron chi connectivity index (χ2n) is 6.23. The maximum absolute atomic E-state index is 4.46. The van der Waals surface area contributed by atoms with Gasteiger partial charge in [-0.25, -0.2) is 0 Å². The largest absolute Gasteiger partial charge is 0.213 e. The number of nitrogens with zero attached hydrogens (tertiary/aromatic N) is 1. The zero-order chi connectivity index (χ0) is 16.8. The second kappa shape index (κ2) is 8.16. The first kappa shape index (κ1) is 16.8. The van der Waals surface area contributed by atoms with Crippen LogP contribution in [0.2, 0.25) is 0 Å². The first-order chi connectivity index (χ1) is 11.7. The van der Waals surface area contributed by atoms with Gasteiger partial charge in [0.15, 0.2) is 12.7 Å². The molecular formula is C22H24NS+. The van der Waals surface area contributed by atoms with Gasteiger partial charge in [-0.2, -0.15) is 17.2 Å². The van der Waals surface area contributed by atoms with Crippen LogP contribution >= 0.6 is 12.6 Å². The van der Waals surface area contributed by atoms with Crippen molar-refractivity contribution in [2.24, 2.45) is 0 Å². The quantitative estimate of drug-likeness (QED) is 0.461. The van der Waals surface area contributed by atoms with Crippen molar-refractivity contribution in [3.8, 4) is 0 Å². The van der Waals surface area contributed by atoms with Crippen LogP contribution in [-0.4, -0.2) is 5.25 Å². The van der Waals surface area contributed by atoms with E-state index in [1.165, 1.54) is 22.0 Å². The highest BCUT2D eigenvalue weighted by molar-refractivity contribution is 7.80. The Kier molecular flexibility index (Phi) is 5.71. The molecule has 0 saturated heterocycles. The average Bonchev–Trinajstić information content (AvgIpc) is 2.60. The molecule has 2 aromatic carbocycles. The standard InChI is InChI=1S/C22H23NS/c1-18(24)9-5-8-14-22-21-13-7-6-12-20(21)15-16-23(22)17-19-10-3-2-4-11-19/h2-4,6-8,10-16,18H,5,9,17H2,1H3/p+1. The van der Waals surface area contributed by atoms with Crippen molar-refractivity contribution in [3.05, 3.63) is 84.2 Å². The van der Waals surface area contributed by atoms with Crippen LogP contribution in [0.5, 0.6) is 0 Å². The van der Waals surface area contributed by atoms with E-state index in [9.17, 15) is 0 Å². The maximum atomic E-state index is 4.46. The van der Waals surface area contributed by atoms with E-state index >= 15 is 0 Å². The first-order valence-corrected chi connectivity index (χ1v) is 9.05. The molecule has 0 aliphatic rings. The zero-order valence-electron chi connectivity index (χ0n) is 14.1. The Morgan fingerprint density at radius 3 is 2.54 bits per heavy atom. The maximum Gasteiger partial charge on any atom is 0.213 e. The zero-order valence-corrected chi connectivity index (χ0v) is 15.0. The summed E-state index contributed by atoms with van der Waals surface area (Å²) in [6.07, 6.45) is 8.88. The van der Waals surface area contributed by atoms with Gasteiger partial charge in [-0.15, -0.1) is 0 Å². The number of hydrogen-bond acceptors (Lipinski definition) is 1. The van der Waals surface area contributed by atoms with Crippen molar-refractivity contribution in [2.45, 2.75) is 31.6 Å². The summed E-state index contributed by atoms with van der Waals surface area (Å²) in [7, 11) is 0. The third-order valence-corrected chi connectivity index (χ3v) is 4.46. The summed E-state index contributed by atoms with van der Waals surface area (Å²) in [5.41, 5.74) is 2.58. The van der Waals surface area contributed by atoms with Gasteiger partial charge < -0.3 is 0 Å². The summed E-state index contributed by atoms with van der Waals surface area (Å²) in [6, 6.07) is 21.4. The molecule has 24 heavy (non-hydrogen) atoms. The monoisotopic (exact) mass is 334 g/mol. The number of allylic oxidation sites excluding steroid dienone is 1. The second-order valence-corrected chi connectivity index (χ2v) is 7.11. The SMILES string of the molecule is CC(S)CCC=Cc1c2ccccc2cc[n+]1Cc1ccccc1. The Balaban J connectivity index is 1.96. The van der Waals surface area contributed by atoms with Crippen molar-refractivity contribution in [3.63, 3.8) is 0 Å². The molecule has 0 amide bonds. The van der Waals surface area contributed by atoms with Crippen LogP contribution in [0.25, 0.3) is 16.8 Å². The number of rotatable bonds is 6. The van der Waals surface area contributed by atoms with Crippen molar-refractivity contribution in [2.75, 3.05) is 0 Å². The molecular weight excluding hydrogens is 310 g/mol. The molecule has 1 aromatic heterocycles. The Hall–Kier alpha value is -2.06. The predicted octanol–water partition coefficient (Wildman–Crippen LogP) is 5.29. The third-order valence-electron chi connectivity index (χ3n) is 4.20. The van der Waals surface area contributed by atoms with Gasteiger partial charge in [0.05, 0.1) is 5.39 Å². The molecule has 122 valence electrons. The van der Waals surface area contributed by atoms with E-state index in [2.05, 4.69) is 103 Å². The van der Waals surface area contributed by atoms with Crippen molar-refractivity contribution in [1.82, 2.24) is 0 Å². The lowest BCUT2D eigenvalue weighted by Gasteiger charge is -2.05. The summed E-state index contributed by atoms with van der Waals surface area (Å²) in [6.45, 7) is 3.03. The minimum Gasteiger partial charge on any atom is -0.194 e. The number of hydrogen-bond donors (Lipinski definition) is 1. The molecule has 3 aromatic rings. The van der Waals surface area contributed by atoms with E-state index in [-0.39, 0.29) is 0 Å². The Morgan fingerprint density at radius 1 is 1.00 bits per heavy atom. The summed E-state index contributed by atoms with van der Waals surface area (Å²) in [5.74, 6) is 0. The fraction of sp³-hybridized carbons (Fsp3) is 0.227. The van der Waals surface area contributed by atoms with Crippen LogP contribution in [0.1, 0.15) is 31.0 Å². The molecule has 0 N–H and O–H groups in total. The summed E-state index contributed by atoms with van der Waals surface area (Å²) < 4.78 is 2.33. The highest BCUT2D eigenvalue weighted by Gasteiger charge is 2.13. The van der Waals surface area contributed by atoms with Crippen molar-refractivity contribution < 1.29 is 4.57 Å². The van der Waals surface area contributed by atoms with Crippen molar-refractivity contribution >= 4 is 29.5 Å². The molecule has 0 fully saturated rings. The average molecular weight is 335 g/mol. The molecule has 0 spiro atoms. The summed E-state index contributed by atoms with van der Waals surface area (Å²) >= 11 is 4.46. The smallest absolute Gasteiger partial charge is 0.194 e. The van der Waals surface area contributed by atoms with E-state index in [0.717, 1.165) is 19.4 Å². The molecule has 1 heterocycles. The topological polar surface area (TPSA) is 3.88 Å². The normalized spacial score (nSPS) is 12.8. The molecule has 2 heteroatoms. The van der Waals surface area contributed by atoms with Gasteiger partial charge in [-0.05, 0) is 29.5 Å². The van der Waals surface area contributed by atoms with Gasteiger partial charge in [0, 0.05) is 17.7 Å². The number of fused-ring (bicyclic) bond motifs is 1. The van der Waals surface area contributed by atoms with Gasteiger partial charge in [0.1, 0.15) is 0 Å². The van der Waals surface area contributed by atoms with Crippen LogP contribution in [0.15, 0.2) is 72.9 Å². The van der Waals surface area contributed by atoms with E-state index in [0.29, 0.717) is 5.25 Å². The van der Waals surface area contributed by atoms with Crippen LogP contribution in [0.4, 0.5) is 0 Å². The predicted molar refractivity (Wildman–Crippen MR) is 106 cm³/mol. The Labute approximate surface area is 150 Å². The molecule has 3 rings (SSSR count). The van der Waals surface area contributed by atoms with Crippen LogP contribution < -0.4 is 4.57 Å². The van der Waals surface area contributed by atoms with Crippen molar-refractivity contribution in [1.29, 1.82) is 0 Å². The fourth-order valence-corrected chi connectivity index (χ4v) is 3.07. The number of aromatic nitrogens is 1. The van der Waals surface area contributed by atoms with E-state index in [1.807, 2.05) is 0 Å². The minimum absolute atomic E-state index is 0.443. The van der Waals surface area contributed by atoms with E-state index in [4.69, 9.17) is 0 Å². The van der Waals surface area contributed by atoms with Gasteiger partial charge in [0.2, 0.25) is 5.69 Å². The minimum atomic E-state index is 0.443. The summed E-state index contributed by atoms with van der Waals surface area (Å²) in [5, 5.41) is 3.02. The fourth-order valence-electron chi connectivity index (χ4n) is 2.92. The van der Waals surface area contributed by atoms with E-state index < -0.39 is 0 Å². The molecule has 1 nitrogen and oxygen atoms in total. The number of pyridine rings is 1. The molecule has 1 atom stereocenters. The van der Waals surface area contributed by atoms with Crippen LogP contribution in [0.3, 0.4) is 0 Å². The third kappa shape index (κ3) is 4.27.